The number of carbonyl (C=O) groups excluding carboxylic acids is 1. The maximum Gasteiger partial charge on any atom is 0.277 e. The molecule has 0 spiro atoms. The molecule has 4 heterocycles. The van der Waals surface area contributed by atoms with E-state index in [2.05, 4.69) is 19.7 Å². The minimum absolute atomic E-state index is 0.0189. The molecule has 1 aromatic carbocycles. The van der Waals surface area contributed by atoms with E-state index in [1.165, 1.54) is 11.8 Å². The van der Waals surface area contributed by atoms with Gasteiger partial charge in [-0.05, 0) is 39.0 Å². The molecule has 8 nitrogen and oxygen atoms in total. The van der Waals surface area contributed by atoms with Crippen LogP contribution < -0.4 is 9.47 Å². The maximum atomic E-state index is 13.0. The van der Waals surface area contributed by atoms with Crippen LogP contribution in [-0.2, 0) is 13.0 Å². The summed E-state index contributed by atoms with van der Waals surface area (Å²) in [5.74, 6) is 2.24. The first-order chi connectivity index (χ1) is 16.5. The molecule has 0 aliphatic carbocycles. The fraction of sp³-hybridized carbons (Fsp3) is 0.333. The normalized spacial score (nSPS) is 15.0. The number of ether oxygens (including phenoxy) is 2. The Morgan fingerprint density at radius 2 is 2.03 bits per heavy atom. The summed E-state index contributed by atoms with van der Waals surface area (Å²) in [7, 11) is 0. The minimum atomic E-state index is -0.129. The fourth-order valence-electron chi connectivity index (χ4n) is 3.94. The number of para-hydroxylation sites is 2. The first-order valence-electron chi connectivity index (χ1n) is 10.9. The quantitative estimate of drug-likeness (QED) is 0.257. The molecule has 1 atom stereocenters. The molecule has 1 aliphatic rings. The van der Waals surface area contributed by atoms with Gasteiger partial charge in [-0.3, -0.25) is 4.79 Å². The Balaban J connectivity index is 1.20. The van der Waals surface area contributed by atoms with Crippen molar-refractivity contribution in [1.82, 2.24) is 19.7 Å². The number of hydrogen-bond donors (Lipinski definition) is 0. The summed E-state index contributed by atoms with van der Waals surface area (Å²) >= 11 is 2.84. The second-order valence-electron chi connectivity index (χ2n) is 8.10. The van der Waals surface area contributed by atoms with E-state index in [0.717, 1.165) is 33.6 Å². The summed E-state index contributed by atoms with van der Waals surface area (Å²) in [4.78, 5) is 17.4. The molecule has 0 amide bonds. The van der Waals surface area contributed by atoms with Gasteiger partial charge >= 0.3 is 0 Å². The molecule has 1 aliphatic heterocycles. The van der Waals surface area contributed by atoms with Gasteiger partial charge in [0.05, 0.1) is 29.4 Å². The molecule has 3 aromatic heterocycles. The fourth-order valence-corrected chi connectivity index (χ4v) is 5.21. The molecule has 0 N–H and O–H groups in total. The molecule has 0 fully saturated rings. The number of fused-ring (bicyclic) bond motifs is 1. The molecular formula is C24H24N4O4S2. The molecule has 0 radical (unpaired) electrons. The van der Waals surface area contributed by atoms with Gasteiger partial charge in [0, 0.05) is 22.3 Å². The van der Waals surface area contributed by atoms with Crippen LogP contribution in [0.25, 0.3) is 0 Å². The number of carbonyl (C=O) groups is 1. The van der Waals surface area contributed by atoms with Crippen LogP contribution >= 0.6 is 23.1 Å². The lowest BCUT2D eigenvalue weighted by Gasteiger charge is -2.27. The van der Waals surface area contributed by atoms with Crippen LogP contribution in [-0.4, -0.2) is 44.0 Å². The third kappa shape index (κ3) is 4.88. The molecule has 4 aromatic rings. The van der Waals surface area contributed by atoms with Gasteiger partial charge in [-0.2, -0.15) is 0 Å². The average molecular weight is 497 g/mol. The molecule has 176 valence electrons. The highest BCUT2D eigenvalue weighted by Crippen LogP contribution is 2.32. The molecule has 34 heavy (non-hydrogen) atoms. The number of thioether (sulfide) groups is 1. The number of hydrogen-bond acceptors (Lipinski definition) is 9. The standard InChI is InChI=1S/C24H24N4O4S2/c1-14-8-19(15(2)28(14)10-18-11-30-21-6-4-5-7-22(21)31-18)20(29)13-34-24-27-26-23(32-24)9-17-12-33-16(3)25-17/h4-8,12,18H,9-11,13H2,1-3H3/t18-/m0/s1. The van der Waals surface area contributed by atoms with Crippen molar-refractivity contribution >= 4 is 28.9 Å². The molecule has 0 bridgehead atoms. The molecule has 0 saturated carbocycles. The number of benzene rings is 1. The number of Topliss-reactive ketones (excluding diaryl/α,β-unsaturated/α-hetero) is 1. The summed E-state index contributed by atoms with van der Waals surface area (Å²) in [5, 5.41) is 11.5. The van der Waals surface area contributed by atoms with Gasteiger partial charge in [-0.25, -0.2) is 4.98 Å². The molecular weight excluding hydrogens is 472 g/mol. The van der Waals surface area contributed by atoms with E-state index >= 15 is 0 Å². The zero-order chi connectivity index (χ0) is 23.7. The Morgan fingerprint density at radius 1 is 1.21 bits per heavy atom. The lowest BCUT2D eigenvalue weighted by molar-refractivity contribution is 0.0777. The number of thiazole rings is 1. The van der Waals surface area contributed by atoms with Gasteiger partial charge in [-0.15, -0.1) is 21.5 Å². The highest BCUT2D eigenvalue weighted by Gasteiger charge is 2.24. The largest absolute Gasteiger partial charge is 0.486 e. The Labute approximate surface area is 205 Å². The number of ketones is 1. The van der Waals surface area contributed by atoms with Crippen LogP contribution in [0, 0.1) is 20.8 Å². The van der Waals surface area contributed by atoms with Gasteiger partial charge in [0.1, 0.15) is 6.61 Å². The lowest BCUT2D eigenvalue weighted by atomic mass is 10.2. The van der Waals surface area contributed by atoms with Crippen molar-refractivity contribution in [2.75, 3.05) is 12.4 Å². The number of aromatic nitrogens is 4. The Bertz CT molecular complexity index is 1330. The van der Waals surface area contributed by atoms with Crippen molar-refractivity contribution in [3.8, 4) is 11.5 Å². The predicted octanol–water partition coefficient (Wildman–Crippen LogP) is 4.66. The second-order valence-corrected chi connectivity index (χ2v) is 10.1. The van der Waals surface area contributed by atoms with Crippen molar-refractivity contribution < 1.29 is 18.7 Å². The number of aryl methyl sites for hydroxylation is 2. The van der Waals surface area contributed by atoms with Crippen LogP contribution in [0.5, 0.6) is 11.5 Å². The topological polar surface area (TPSA) is 92.3 Å². The van der Waals surface area contributed by atoms with Crippen LogP contribution in [0.4, 0.5) is 0 Å². The Hall–Kier alpha value is -3.11. The lowest BCUT2D eigenvalue weighted by Crippen LogP contribution is -2.33. The van der Waals surface area contributed by atoms with E-state index in [4.69, 9.17) is 13.9 Å². The zero-order valence-corrected chi connectivity index (χ0v) is 20.7. The van der Waals surface area contributed by atoms with Crippen molar-refractivity contribution in [1.29, 1.82) is 0 Å². The van der Waals surface area contributed by atoms with Crippen LogP contribution in [0.1, 0.15) is 38.3 Å². The van der Waals surface area contributed by atoms with E-state index in [-0.39, 0.29) is 17.6 Å². The van der Waals surface area contributed by atoms with Gasteiger partial charge < -0.3 is 18.5 Å². The summed E-state index contributed by atoms with van der Waals surface area (Å²) in [6, 6.07) is 9.59. The minimum Gasteiger partial charge on any atom is -0.486 e. The third-order valence-electron chi connectivity index (χ3n) is 5.60. The average Bonchev–Trinajstić information content (AvgIpc) is 3.53. The second kappa shape index (κ2) is 9.63. The monoisotopic (exact) mass is 496 g/mol. The third-order valence-corrected chi connectivity index (χ3v) is 7.24. The number of nitrogens with zero attached hydrogens (tertiary/aromatic N) is 4. The molecule has 0 saturated heterocycles. The summed E-state index contributed by atoms with van der Waals surface area (Å²) < 4.78 is 19.7. The molecule has 5 rings (SSSR count). The Kier molecular flexibility index (Phi) is 6.42. The maximum absolute atomic E-state index is 13.0. The molecule has 10 heteroatoms. The predicted molar refractivity (Wildman–Crippen MR) is 129 cm³/mol. The SMILES string of the molecule is Cc1nc(Cc2nnc(SCC(=O)c3cc(C)n(C[C@H]4COc5ccccc5O4)c3C)o2)cs1. The number of rotatable bonds is 8. The molecule has 0 unspecified atom stereocenters. The van der Waals surface area contributed by atoms with Gasteiger partial charge in [0.25, 0.3) is 5.22 Å². The van der Waals surface area contributed by atoms with E-state index in [9.17, 15) is 4.79 Å². The van der Waals surface area contributed by atoms with Crippen LogP contribution in [0.3, 0.4) is 0 Å². The van der Waals surface area contributed by atoms with Gasteiger partial charge in [0.15, 0.2) is 23.4 Å². The van der Waals surface area contributed by atoms with E-state index in [1.807, 2.05) is 56.5 Å². The highest BCUT2D eigenvalue weighted by atomic mass is 32.2. The van der Waals surface area contributed by atoms with E-state index in [0.29, 0.717) is 36.2 Å². The van der Waals surface area contributed by atoms with Crippen molar-refractivity contribution in [3.05, 3.63) is 69.3 Å². The summed E-state index contributed by atoms with van der Waals surface area (Å²) in [5.41, 5.74) is 3.52. The van der Waals surface area contributed by atoms with E-state index in [1.54, 1.807) is 11.3 Å². The zero-order valence-electron chi connectivity index (χ0n) is 19.1. The van der Waals surface area contributed by atoms with E-state index < -0.39 is 0 Å². The van der Waals surface area contributed by atoms with Gasteiger partial charge in [0.2, 0.25) is 5.89 Å². The summed E-state index contributed by atoms with van der Waals surface area (Å²) in [6.45, 7) is 6.99. The first kappa shape index (κ1) is 22.7. The first-order valence-corrected chi connectivity index (χ1v) is 12.8. The van der Waals surface area contributed by atoms with Crippen LogP contribution in [0.2, 0.25) is 0 Å². The summed E-state index contributed by atoms with van der Waals surface area (Å²) in [6.07, 6.45) is 0.361. The van der Waals surface area contributed by atoms with Crippen LogP contribution in [0.15, 0.2) is 45.4 Å². The smallest absolute Gasteiger partial charge is 0.277 e. The highest BCUT2D eigenvalue weighted by molar-refractivity contribution is 7.99. The van der Waals surface area contributed by atoms with Gasteiger partial charge in [-0.1, -0.05) is 23.9 Å². The Morgan fingerprint density at radius 3 is 2.82 bits per heavy atom. The van der Waals surface area contributed by atoms with Crippen molar-refractivity contribution in [2.24, 2.45) is 0 Å². The van der Waals surface area contributed by atoms with Crippen molar-refractivity contribution in [3.63, 3.8) is 0 Å². The van der Waals surface area contributed by atoms with Crippen molar-refractivity contribution in [2.45, 2.75) is 45.1 Å².